The Balaban J connectivity index is 1.71. The second kappa shape index (κ2) is 9.67. The summed E-state index contributed by atoms with van der Waals surface area (Å²) in [6, 6.07) is 7.63. The van der Waals surface area contributed by atoms with Gasteiger partial charge in [-0.25, -0.2) is 0 Å². The summed E-state index contributed by atoms with van der Waals surface area (Å²) < 4.78 is 5.57. The molecule has 0 saturated heterocycles. The van der Waals surface area contributed by atoms with Crippen LogP contribution in [0.3, 0.4) is 0 Å². The molecule has 0 aliphatic heterocycles. The maximum Gasteiger partial charge on any atom is 0.118 e. The summed E-state index contributed by atoms with van der Waals surface area (Å²) in [5.74, 6) is 0. The molecule has 5 nitrogen and oxygen atoms in total. The van der Waals surface area contributed by atoms with Gasteiger partial charge in [-0.05, 0) is 37.4 Å². The van der Waals surface area contributed by atoms with Gasteiger partial charge in [-0.2, -0.15) is 0 Å². The van der Waals surface area contributed by atoms with E-state index in [9.17, 15) is 0 Å². The van der Waals surface area contributed by atoms with Gasteiger partial charge in [0.05, 0.1) is 12.2 Å². The molecule has 23 heavy (non-hydrogen) atoms. The fraction of sp³-hybridized carbons (Fsp3) is 0.471. The standard InChI is InChI=1S/C17H25ClN4O/c1-3-22(4-2)10-9-19-12-23-13-21-16-7-8-20-17-11-14(18)5-6-15(16)17/h5-8,11,19H,3-4,9-10,12-13H2,1-2H3,(H,20,21). The number of likely N-dealkylation sites (N-methyl/N-ethyl adjacent to an activating group) is 1. The van der Waals surface area contributed by atoms with Crippen LogP contribution in [0, 0.1) is 0 Å². The predicted octanol–water partition coefficient (Wildman–Crippen LogP) is 3.16. The average molecular weight is 337 g/mol. The van der Waals surface area contributed by atoms with Gasteiger partial charge in [-0.3, -0.25) is 10.3 Å². The molecule has 0 spiro atoms. The van der Waals surface area contributed by atoms with E-state index in [1.54, 1.807) is 6.20 Å². The van der Waals surface area contributed by atoms with E-state index in [2.05, 4.69) is 34.4 Å². The maximum atomic E-state index is 5.99. The van der Waals surface area contributed by atoms with Crippen molar-refractivity contribution in [3.63, 3.8) is 0 Å². The van der Waals surface area contributed by atoms with Gasteiger partial charge in [-0.15, -0.1) is 0 Å². The molecule has 0 bridgehead atoms. The first kappa shape index (κ1) is 17.9. The van der Waals surface area contributed by atoms with Crippen molar-refractivity contribution in [2.24, 2.45) is 0 Å². The fourth-order valence-corrected chi connectivity index (χ4v) is 2.54. The summed E-state index contributed by atoms with van der Waals surface area (Å²) in [6.45, 7) is 9.47. The molecule has 0 unspecified atom stereocenters. The molecule has 0 saturated carbocycles. The van der Waals surface area contributed by atoms with Gasteiger partial charge < -0.3 is 15.0 Å². The van der Waals surface area contributed by atoms with Crippen LogP contribution in [0.15, 0.2) is 30.5 Å². The van der Waals surface area contributed by atoms with Crippen molar-refractivity contribution < 1.29 is 4.74 Å². The molecule has 0 atom stereocenters. The van der Waals surface area contributed by atoms with Crippen molar-refractivity contribution in [2.75, 3.05) is 45.0 Å². The lowest BCUT2D eigenvalue weighted by molar-refractivity contribution is 0.130. The largest absolute Gasteiger partial charge is 0.362 e. The first-order valence-electron chi connectivity index (χ1n) is 8.03. The fourth-order valence-electron chi connectivity index (χ4n) is 2.38. The molecule has 0 fully saturated rings. The van der Waals surface area contributed by atoms with Crippen molar-refractivity contribution in [1.82, 2.24) is 15.2 Å². The predicted molar refractivity (Wildman–Crippen MR) is 97.0 cm³/mol. The van der Waals surface area contributed by atoms with Crippen LogP contribution in [0.5, 0.6) is 0 Å². The minimum absolute atomic E-state index is 0.444. The number of benzene rings is 1. The lowest BCUT2D eigenvalue weighted by Crippen LogP contribution is -2.33. The Kier molecular flexibility index (Phi) is 7.55. The van der Waals surface area contributed by atoms with Crippen LogP contribution >= 0.6 is 11.6 Å². The van der Waals surface area contributed by atoms with Crippen molar-refractivity contribution in [2.45, 2.75) is 13.8 Å². The number of rotatable bonds is 10. The minimum Gasteiger partial charge on any atom is -0.362 e. The summed E-state index contributed by atoms with van der Waals surface area (Å²) >= 11 is 5.99. The number of nitrogens with one attached hydrogen (secondary N) is 2. The maximum absolute atomic E-state index is 5.99. The Hall–Kier alpha value is -1.40. The van der Waals surface area contributed by atoms with Gasteiger partial charge >= 0.3 is 0 Å². The van der Waals surface area contributed by atoms with E-state index in [0.29, 0.717) is 18.5 Å². The summed E-state index contributed by atoms with van der Waals surface area (Å²) in [5, 5.41) is 8.28. The van der Waals surface area contributed by atoms with E-state index in [-0.39, 0.29) is 0 Å². The van der Waals surface area contributed by atoms with E-state index in [4.69, 9.17) is 16.3 Å². The Morgan fingerprint density at radius 1 is 1.17 bits per heavy atom. The number of fused-ring (bicyclic) bond motifs is 1. The lowest BCUT2D eigenvalue weighted by atomic mass is 10.2. The number of nitrogens with zero attached hydrogens (tertiary/aromatic N) is 2. The smallest absolute Gasteiger partial charge is 0.118 e. The lowest BCUT2D eigenvalue weighted by Gasteiger charge is -2.18. The molecule has 2 N–H and O–H groups in total. The zero-order valence-electron chi connectivity index (χ0n) is 13.8. The van der Waals surface area contributed by atoms with Crippen molar-refractivity contribution in [1.29, 1.82) is 0 Å². The van der Waals surface area contributed by atoms with Crippen LogP contribution in [-0.4, -0.2) is 49.5 Å². The molecule has 0 amide bonds. The molecular formula is C17H25ClN4O. The molecule has 1 heterocycles. The second-order valence-corrected chi connectivity index (χ2v) is 5.65. The second-order valence-electron chi connectivity index (χ2n) is 5.22. The molecule has 0 radical (unpaired) electrons. The quantitative estimate of drug-likeness (QED) is 0.515. The minimum atomic E-state index is 0.444. The normalized spacial score (nSPS) is 11.3. The Labute approximate surface area is 143 Å². The van der Waals surface area contributed by atoms with Crippen molar-refractivity contribution in [3.05, 3.63) is 35.5 Å². The van der Waals surface area contributed by atoms with Gasteiger partial charge in [-0.1, -0.05) is 25.4 Å². The number of aromatic nitrogens is 1. The van der Waals surface area contributed by atoms with Crippen molar-refractivity contribution >= 4 is 28.2 Å². The number of anilines is 1. The molecule has 1 aromatic heterocycles. The third-order valence-electron chi connectivity index (χ3n) is 3.77. The number of pyridine rings is 1. The Bertz CT molecular complexity index is 604. The molecule has 2 rings (SSSR count). The summed E-state index contributed by atoms with van der Waals surface area (Å²) in [4.78, 5) is 6.70. The monoisotopic (exact) mass is 336 g/mol. The molecule has 2 aromatic rings. The van der Waals surface area contributed by atoms with E-state index >= 15 is 0 Å². The topological polar surface area (TPSA) is 49.4 Å². The number of hydrogen-bond acceptors (Lipinski definition) is 5. The van der Waals surface area contributed by atoms with Crippen LogP contribution < -0.4 is 10.6 Å². The molecule has 6 heteroatoms. The van der Waals surface area contributed by atoms with Crippen LogP contribution in [0.1, 0.15) is 13.8 Å². The van der Waals surface area contributed by atoms with E-state index in [1.165, 1.54) is 0 Å². The van der Waals surface area contributed by atoms with Gasteiger partial charge in [0.2, 0.25) is 0 Å². The van der Waals surface area contributed by atoms with Gasteiger partial charge in [0, 0.05) is 35.4 Å². The molecule has 126 valence electrons. The van der Waals surface area contributed by atoms with E-state index < -0.39 is 0 Å². The zero-order valence-corrected chi connectivity index (χ0v) is 14.6. The Morgan fingerprint density at radius 2 is 2.00 bits per heavy atom. The highest BCUT2D eigenvalue weighted by Gasteiger charge is 2.02. The molecule has 0 aliphatic carbocycles. The Morgan fingerprint density at radius 3 is 2.78 bits per heavy atom. The highest BCUT2D eigenvalue weighted by atomic mass is 35.5. The van der Waals surface area contributed by atoms with Crippen LogP contribution in [0.4, 0.5) is 5.69 Å². The summed E-state index contributed by atoms with van der Waals surface area (Å²) in [5.41, 5.74) is 1.87. The highest BCUT2D eigenvalue weighted by Crippen LogP contribution is 2.24. The van der Waals surface area contributed by atoms with Gasteiger partial charge in [0.1, 0.15) is 6.73 Å². The van der Waals surface area contributed by atoms with Crippen LogP contribution in [-0.2, 0) is 4.74 Å². The van der Waals surface area contributed by atoms with Crippen molar-refractivity contribution in [3.8, 4) is 0 Å². The first-order chi connectivity index (χ1) is 11.2. The van der Waals surface area contributed by atoms with E-state index in [1.807, 2.05) is 24.3 Å². The summed E-state index contributed by atoms with van der Waals surface area (Å²) in [7, 11) is 0. The number of hydrogen-bond donors (Lipinski definition) is 2. The molecule has 0 aliphatic rings. The van der Waals surface area contributed by atoms with E-state index in [0.717, 1.165) is 42.8 Å². The SMILES string of the molecule is CCN(CC)CCNCOCNc1ccnc2cc(Cl)ccc12. The van der Waals surface area contributed by atoms with Crippen LogP contribution in [0.2, 0.25) is 5.02 Å². The number of halogens is 1. The first-order valence-corrected chi connectivity index (χ1v) is 8.41. The van der Waals surface area contributed by atoms with Gasteiger partial charge in [0.15, 0.2) is 0 Å². The third-order valence-corrected chi connectivity index (χ3v) is 4.01. The zero-order chi connectivity index (χ0) is 16.5. The highest BCUT2D eigenvalue weighted by molar-refractivity contribution is 6.31. The van der Waals surface area contributed by atoms with Crippen LogP contribution in [0.25, 0.3) is 10.9 Å². The summed E-state index contributed by atoms with van der Waals surface area (Å²) in [6.07, 6.45) is 1.77. The molecular weight excluding hydrogens is 312 g/mol. The number of ether oxygens (including phenoxy) is 1. The molecule has 1 aromatic carbocycles. The third kappa shape index (κ3) is 5.62. The van der Waals surface area contributed by atoms with Gasteiger partial charge in [0.25, 0.3) is 0 Å². The average Bonchev–Trinajstić information content (AvgIpc) is 2.57.